The van der Waals surface area contributed by atoms with Gasteiger partial charge in [0.15, 0.2) is 0 Å². The van der Waals surface area contributed by atoms with E-state index in [0.29, 0.717) is 11.3 Å². The van der Waals surface area contributed by atoms with Gasteiger partial charge in [0.1, 0.15) is 5.75 Å². The minimum atomic E-state index is -0.662. The lowest BCUT2D eigenvalue weighted by molar-refractivity contribution is -0.113. The highest BCUT2D eigenvalue weighted by Gasteiger charge is 2.34. The molecular formula is C27H35N3O3. The van der Waals surface area contributed by atoms with Gasteiger partial charge in [0, 0.05) is 11.4 Å². The number of phenolic OH excluding ortho intramolecular Hbond substituents is 1. The zero-order chi connectivity index (χ0) is 24.7. The van der Waals surface area contributed by atoms with Gasteiger partial charge in [-0.2, -0.15) is 0 Å². The number of carbonyl (C=O) groups excluding carboxylic acids is 2. The van der Waals surface area contributed by atoms with E-state index in [1.54, 1.807) is 6.92 Å². The number of amides is 3. The third-order valence-electron chi connectivity index (χ3n) is 5.99. The Kier molecular flexibility index (Phi) is 6.33. The minimum Gasteiger partial charge on any atom is -0.507 e. The van der Waals surface area contributed by atoms with E-state index in [9.17, 15) is 14.7 Å². The highest BCUT2D eigenvalue weighted by molar-refractivity contribution is 6.07. The number of urea groups is 1. The predicted octanol–water partition coefficient (Wildman–Crippen LogP) is 5.56. The van der Waals surface area contributed by atoms with E-state index in [4.69, 9.17) is 0 Å². The van der Waals surface area contributed by atoms with Crippen LogP contribution in [0.4, 0.5) is 10.5 Å². The summed E-state index contributed by atoms with van der Waals surface area (Å²) < 4.78 is 0. The molecule has 2 aromatic carbocycles. The van der Waals surface area contributed by atoms with Crippen molar-refractivity contribution in [2.24, 2.45) is 0 Å². The van der Waals surface area contributed by atoms with Crippen LogP contribution in [0, 0.1) is 6.92 Å². The summed E-state index contributed by atoms with van der Waals surface area (Å²) in [4.78, 5) is 25.9. The molecule has 6 heteroatoms. The fourth-order valence-corrected chi connectivity index (χ4v) is 4.11. The molecule has 2 aromatic rings. The van der Waals surface area contributed by atoms with Crippen molar-refractivity contribution in [3.05, 3.63) is 69.9 Å². The first-order chi connectivity index (χ1) is 15.2. The number of anilines is 1. The first-order valence-corrected chi connectivity index (χ1v) is 11.2. The quantitative estimate of drug-likeness (QED) is 0.494. The number of allylic oxidation sites excluding steroid dienone is 1. The number of hydrogen-bond donors (Lipinski definition) is 4. The number of aryl methyl sites for hydroxylation is 1. The van der Waals surface area contributed by atoms with Gasteiger partial charge < -0.3 is 21.1 Å². The fourth-order valence-electron chi connectivity index (χ4n) is 4.11. The molecule has 0 spiro atoms. The summed E-state index contributed by atoms with van der Waals surface area (Å²) in [6.07, 6.45) is 0. The van der Waals surface area contributed by atoms with E-state index in [2.05, 4.69) is 16.0 Å². The van der Waals surface area contributed by atoms with Gasteiger partial charge in [0.25, 0.3) is 5.91 Å². The molecule has 1 atom stereocenters. The SMILES string of the molecule is CC1=C(C(=O)Nc2ccccc2C)[C@@H](c2cc(C(C)(C)C)c(O)c(C(C)(C)C)c2)NC(=O)N1. The molecule has 4 N–H and O–H groups in total. The lowest BCUT2D eigenvalue weighted by Gasteiger charge is -2.33. The molecule has 33 heavy (non-hydrogen) atoms. The summed E-state index contributed by atoms with van der Waals surface area (Å²) in [5.41, 5.74) is 4.23. The van der Waals surface area contributed by atoms with E-state index >= 15 is 0 Å². The molecule has 0 fully saturated rings. The second-order valence-corrected chi connectivity index (χ2v) is 10.8. The zero-order valence-corrected chi connectivity index (χ0v) is 20.8. The molecule has 6 nitrogen and oxygen atoms in total. The highest BCUT2D eigenvalue weighted by atomic mass is 16.3. The van der Waals surface area contributed by atoms with Gasteiger partial charge in [-0.3, -0.25) is 4.79 Å². The smallest absolute Gasteiger partial charge is 0.319 e. The molecule has 0 saturated heterocycles. The molecule has 0 saturated carbocycles. The highest BCUT2D eigenvalue weighted by Crippen LogP contribution is 2.42. The molecule has 3 amide bonds. The van der Waals surface area contributed by atoms with Crippen LogP contribution >= 0.6 is 0 Å². The molecule has 176 valence electrons. The van der Waals surface area contributed by atoms with Crippen molar-refractivity contribution in [2.75, 3.05) is 5.32 Å². The molecule has 0 unspecified atom stereocenters. The Balaban J connectivity index is 2.16. The Morgan fingerprint density at radius 3 is 2.03 bits per heavy atom. The number of phenols is 1. The topological polar surface area (TPSA) is 90.5 Å². The van der Waals surface area contributed by atoms with Crippen molar-refractivity contribution in [2.45, 2.75) is 72.3 Å². The average molecular weight is 450 g/mol. The third-order valence-corrected chi connectivity index (χ3v) is 5.99. The van der Waals surface area contributed by atoms with Crippen molar-refractivity contribution < 1.29 is 14.7 Å². The Hall–Kier alpha value is -3.28. The number of rotatable bonds is 3. The summed E-state index contributed by atoms with van der Waals surface area (Å²) >= 11 is 0. The summed E-state index contributed by atoms with van der Waals surface area (Å²) in [5, 5.41) is 19.7. The maximum atomic E-state index is 13.4. The Labute approximate surface area is 196 Å². The fraction of sp³-hybridized carbons (Fsp3) is 0.407. The predicted molar refractivity (Wildman–Crippen MR) is 132 cm³/mol. The number of nitrogens with one attached hydrogen (secondary N) is 3. The maximum Gasteiger partial charge on any atom is 0.319 e. The van der Waals surface area contributed by atoms with Crippen molar-refractivity contribution in [3.63, 3.8) is 0 Å². The van der Waals surface area contributed by atoms with Crippen LogP contribution in [-0.4, -0.2) is 17.0 Å². The van der Waals surface area contributed by atoms with Crippen LogP contribution in [0.2, 0.25) is 0 Å². The summed E-state index contributed by atoms with van der Waals surface area (Å²) in [6.45, 7) is 15.9. The molecule has 0 aliphatic carbocycles. The standard InChI is InChI=1S/C27H35N3O3/c1-15-11-9-10-12-20(15)29-24(32)21-16(2)28-25(33)30-22(21)17-13-18(26(3,4)5)23(31)19(14-17)27(6,7)8/h9-14,22,31H,1-8H3,(H,29,32)(H2,28,30,33)/t22-/m1/s1. The van der Waals surface area contributed by atoms with Gasteiger partial charge in [0.05, 0.1) is 11.6 Å². The van der Waals surface area contributed by atoms with Crippen LogP contribution in [0.3, 0.4) is 0 Å². The van der Waals surface area contributed by atoms with Crippen molar-refractivity contribution in [1.29, 1.82) is 0 Å². The Morgan fingerprint density at radius 1 is 0.970 bits per heavy atom. The van der Waals surface area contributed by atoms with Gasteiger partial charge in [-0.1, -0.05) is 59.7 Å². The van der Waals surface area contributed by atoms with Crippen LogP contribution in [0.25, 0.3) is 0 Å². The van der Waals surface area contributed by atoms with Crippen LogP contribution in [-0.2, 0) is 15.6 Å². The van der Waals surface area contributed by atoms with Crippen molar-refractivity contribution in [3.8, 4) is 5.75 Å². The second-order valence-electron chi connectivity index (χ2n) is 10.8. The van der Waals surface area contributed by atoms with Gasteiger partial charge >= 0.3 is 6.03 Å². The number of benzene rings is 2. The first kappa shape index (κ1) is 24.4. The average Bonchev–Trinajstić information content (AvgIpc) is 2.67. The van der Waals surface area contributed by atoms with E-state index in [1.807, 2.05) is 84.9 Å². The summed E-state index contributed by atoms with van der Waals surface area (Å²) in [5.74, 6) is -0.0346. The van der Waals surface area contributed by atoms with Crippen LogP contribution in [0.15, 0.2) is 47.7 Å². The van der Waals surface area contributed by atoms with E-state index in [1.165, 1.54) is 0 Å². The Morgan fingerprint density at radius 2 is 1.52 bits per heavy atom. The molecule has 1 heterocycles. The lowest BCUT2D eigenvalue weighted by atomic mass is 9.77. The molecule has 0 radical (unpaired) electrons. The van der Waals surface area contributed by atoms with E-state index in [0.717, 1.165) is 27.9 Å². The van der Waals surface area contributed by atoms with Crippen molar-refractivity contribution in [1.82, 2.24) is 10.6 Å². The molecule has 0 bridgehead atoms. The normalized spacial score (nSPS) is 16.8. The van der Waals surface area contributed by atoms with Gasteiger partial charge in [-0.15, -0.1) is 0 Å². The van der Waals surface area contributed by atoms with E-state index < -0.39 is 6.04 Å². The molecule has 1 aliphatic rings. The maximum absolute atomic E-state index is 13.4. The van der Waals surface area contributed by atoms with Crippen LogP contribution < -0.4 is 16.0 Å². The first-order valence-electron chi connectivity index (χ1n) is 11.2. The third kappa shape index (κ3) is 5.05. The van der Waals surface area contributed by atoms with Crippen LogP contribution in [0.1, 0.15) is 76.8 Å². The summed E-state index contributed by atoms with van der Waals surface area (Å²) in [6, 6.07) is 10.3. The van der Waals surface area contributed by atoms with Gasteiger partial charge in [-0.05, 0) is 65.1 Å². The minimum absolute atomic E-state index is 0.255. The second kappa shape index (κ2) is 8.58. The van der Waals surface area contributed by atoms with Gasteiger partial charge in [0.2, 0.25) is 0 Å². The number of aromatic hydroxyl groups is 1. The van der Waals surface area contributed by atoms with E-state index in [-0.39, 0.29) is 28.5 Å². The largest absolute Gasteiger partial charge is 0.507 e. The molecular weight excluding hydrogens is 414 g/mol. The Bertz CT molecular complexity index is 1100. The monoisotopic (exact) mass is 449 g/mol. The number of carbonyl (C=O) groups is 2. The summed E-state index contributed by atoms with van der Waals surface area (Å²) in [7, 11) is 0. The lowest BCUT2D eigenvalue weighted by Crippen LogP contribution is -2.46. The molecule has 1 aliphatic heterocycles. The number of hydrogen-bond acceptors (Lipinski definition) is 3. The van der Waals surface area contributed by atoms with Crippen LogP contribution in [0.5, 0.6) is 5.75 Å². The van der Waals surface area contributed by atoms with Crippen molar-refractivity contribution >= 4 is 17.6 Å². The van der Waals surface area contributed by atoms with Gasteiger partial charge in [-0.25, -0.2) is 4.79 Å². The number of para-hydroxylation sites is 1. The zero-order valence-electron chi connectivity index (χ0n) is 20.8. The molecule has 3 rings (SSSR count). The molecule has 0 aromatic heterocycles.